The van der Waals surface area contributed by atoms with Gasteiger partial charge in [0.2, 0.25) is 10.0 Å². The summed E-state index contributed by atoms with van der Waals surface area (Å²) in [6.07, 6.45) is 2.27. The Hall–Kier alpha value is -2.38. The summed E-state index contributed by atoms with van der Waals surface area (Å²) < 4.78 is 25.4. The summed E-state index contributed by atoms with van der Waals surface area (Å²) in [6.45, 7) is 0.386. The van der Waals surface area contributed by atoms with E-state index in [-0.39, 0.29) is 17.8 Å². The third kappa shape index (κ3) is 5.80. The van der Waals surface area contributed by atoms with Gasteiger partial charge >= 0.3 is 6.03 Å². The minimum atomic E-state index is -3.28. The van der Waals surface area contributed by atoms with Crippen LogP contribution >= 0.6 is 0 Å². The van der Waals surface area contributed by atoms with Crippen LogP contribution in [0.4, 0.5) is 4.79 Å². The van der Waals surface area contributed by atoms with E-state index in [0.717, 1.165) is 24.0 Å². The van der Waals surface area contributed by atoms with Crippen molar-refractivity contribution in [3.05, 3.63) is 71.3 Å². The molecule has 0 saturated heterocycles. The average molecular weight is 388 g/mol. The molecule has 1 aliphatic carbocycles. The van der Waals surface area contributed by atoms with Crippen LogP contribution in [-0.4, -0.2) is 21.5 Å². The lowest BCUT2D eigenvalue weighted by molar-refractivity contribution is 0.235. The van der Waals surface area contributed by atoms with Crippen molar-refractivity contribution in [2.24, 2.45) is 5.92 Å². The number of rotatable bonds is 8. The fourth-order valence-electron chi connectivity index (χ4n) is 2.98. The Labute approximate surface area is 160 Å². The van der Waals surface area contributed by atoms with Crippen molar-refractivity contribution in [1.82, 2.24) is 15.4 Å². The third-order valence-corrected chi connectivity index (χ3v) is 6.02. The molecular formula is C20H25N3O3S. The number of carbonyl (C=O) groups is 1. The van der Waals surface area contributed by atoms with E-state index in [1.165, 1.54) is 7.05 Å². The summed E-state index contributed by atoms with van der Waals surface area (Å²) in [6, 6.07) is 17.1. The molecule has 0 radical (unpaired) electrons. The molecule has 0 aromatic heterocycles. The molecule has 1 unspecified atom stereocenters. The van der Waals surface area contributed by atoms with Crippen LogP contribution in [0.15, 0.2) is 54.6 Å². The minimum absolute atomic E-state index is 0.0420. The predicted molar refractivity (Wildman–Crippen MR) is 105 cm³/mol. The lowest BCUT2D eigenvalue weighted by Gasteiger charge is -2.19. The molecule has 6 nitrogen and oxygen atoms in total. The van der Waals surface area contributed by atoms with Gasteiger partial charge in [-0.05, 0) is 42.5 Å². The van der Waals surface area contributed by atoms with Crippen LogP contribution in [0.3, 0.4) is 0 Å². The maximum absolute atomic E-state index is 12.3. The maximum atomic E-state index is 12.3. The highest BCUT2D eigenvalue weighted by atomic mass is 32.2. The second kappa shape index (κ2) is 8.54. The zero-order valence-corrected chi connectivity index (χ0v) is 16.1. The van der Waals surface area contributed by atoms with Crippen LogP contribution < -0.4 is 15.4 Å². The second-order valence-corrected chi connectivity index (χ2v) is 8.76. The van der Waals surface area contributed by atoms with Crippen LogP contribution in [-0.2, 0) is 22.3 Å². The highest BCUT2D eigenvalue weighted by Crippen LogP contribution is 2.40. The normalized spacial score (nSPS) is 15.1. The molecule has 3 N–H and O–H groups in total. The molecule has 1 atom stereocenters. The van der Waals surface area contributed by atoms with E-state index >= 15 is 0 Å². The van der Waals surface area contributed by atoms with Gasteiger partial charge in [-0.15, -0.1) is 0 Å². The van der Waals surface area contributed by atoms with Crippen molar-refractivity contribution in [1.29, 1.82) is 0 Å². The molecule has 3 rings (SSSR count). The molecule has 1 saturated carbocycles. The fraction of sp³-hybridized carbons (Fsp3) is 0.350. The molecule has 144 valence electrons. The molecule has 27 heavy (non-hydrogen) atoms. The van der Waals surface area contributed by atoms with E-state index < -0.39 is 10.0 Å². The van der Waals surface area contributed by atoms with Crippen molar-refractivity contribution in [2.45, 2.75) is 31.2 Å². The summed E-state index contributed by atoms with van der Waals surface area (Å²) in [5.41, 5.74) is 2.75. The Kier molecular flexibility index (Phi) is 6.13. The van der Waals surface area contributed by atoms with Gasteiger partial charge in [0.25, 0.3) is 0 Å². The van der Waals surface area contributed by atoms with Crippen molar-refractivity contribution < 1.29 is 13.2 Å². The quantitative estimate of drug-likeness (QED) is 0.651. The van der Waals surface area contributed by atoms with Crippen molar-refractivity contribution in [3.63, 3.8) is 0 Å². The van der Waals surface area contributed by atoms with Gasteiger partial charge in [-0.3, -0.25) is 0 Å². The summed E-state index contributed by atoms with van der Waals surface area (Å²) in [7, 11) is -1.88. The van der Waals surface area contributed by atoms with Gasteiger partial charge in [0.15, 0.2) is 0 Å². The van der Waals surface area contributed by atoms with Crippen LogP contribution in [0.1, 0.15) is 35.6 Å². The van der Waals surface area contributed by atoms with Gasteiger partial charge in [-0.1, -0.05) is 54.6 Å². The highest BCUT2D eigenvalue weighted by molar-refractivity contribution is 7.88. The Morgan fingerprint density at radius 2 is 1.67 bits per heavy atom. The van der Waals surface area contributed by atoms with Gasteiger partial charge in [-0.2, -0.15) is 0 Å². The Morgan fingerprint density at radius 3 is 2.26 bits per heavy atom. The smallest absolute Gasteiger partial charge is 0.315 e. The van der Waals surface area contributed by atoms with Crippen LogP contribution in [0.5, 0.6) is 0 Å². The molecule has 0 spiro atoms. The summed E-state index contributed by atoms with van der Waals surface area (Å²) in [5, 5.41) is 5.96. The van der Waals surface area contributed by atoms with Crippen molar-refractivity contribution >= 4 is 16.1 Å². The third-order valence-electron chi connectivity index (χ3n) is 4.68. The molecule has 7 heteroatoms. The number of amides is 2. The molecular weight excluding hydrogens is 362 g/mol. The number of urea groups is 1. The van der Waals surface area contributed by atoms with Gasteiger partial charge < -0.3 is 10.6 Å². The molecule has 2 aromatic carbocycles. The first-order chi connectivity index (χ1) is 13.0. The molecule has 0 heterocycles. The van der Waals surface area contributed by atoms with Crippen LogP contribution in [0.25, 0.3) is 0 Å². The first kappa shape index (κ1) is 19.4. The van der Waals surface area contributed by atoms with Crippen LogP contribution in [0.2, 0.25) is 0 Å². The molecule has 2 aromatic rings. The van der Waals surface area contributed by atoms with E-state index in [1.54, 1.807) is 12.1 Å². The fourth-order valence-corrected chi connectivity index (χ4v) is 3.76. The van der Waals surface area contributed by atoms with Crippen molar-refractivity contribution in [3.8, 4) is 0 Å². The van der Waals surface area contributed by atoms with Gasteiger partial charge in [0, 0.05) is 6.54 Å². The molecule has 1 fully saturated rings. The Balaban J connectivity index is 1.53. The SMILES string of the molecule is CNS(=O)(=O)Cc1ccc(CNC(=O)NC(c2ccccc2)C2CC2)cc1. The average Bonchev–Trinajstić information content (AvgIpc) is 3.51. The number of nitrogens with one attached hydrogen (secondary N) is 3. The standard InChI is InChI=1S/C20H25N3O3S/c1-21-27(25,26)14-16-9-7-15(8-10-16)13-22-20(24)23-19(18-11-12-18)17-5-3-2-4-6-17/h2-10,18-19,21H,11-14H2,1H3,(H2,22,23,24). The van der Waals surface area contributed by atoms with Gasteiger partial charge in [-0.25, -0.2) is 17.9 Å². The molecule has 0 bridgehead atoms. The van der Waals surface area contributed by atoms with E-state index in [2.05, 4.69) is 15.4 Å². The number of hydrogen-bond acceptors (Lipinski definition) is 3. The lowest BCUT2D eigenvalue weighted by Crippen LogP contribution is -2.38. The van der Waals surface area contributed by atoms with E-state index in [9.17, 15) is 13.2 Å². The molecule has 0 aliphatic heterocycles. The highest BCUT2D eigenvalue weighted by Gasteiger charge is 2.33. The van der Waals surface area contributed by atoms with Crippen LogP contribution in [0, 0.1) is 5.92 Å². The van der Waals surface area contributed by atoms with E-state index in [1.807, 2.05) is 42.5 Å². The number of sulfonamides is 1. The summed E-state index contributed by atoms with van der Waals surface area (Å²) >= 11 is 0. The topological polar surface area (TPSA) is 87.3 Å². The molecule has 1 aliphatic rings. The lowest BCUT2D eigenvalue weighted by atomic mass is 10.0. The zero-order chi connectivity index (χ0) is 19.3. The Morgan fingerprint density at radius 1 is 1.04 bits per heavy atom. The minimum Gasteiger partial charge on any atom is -0.334 e. The molecule has 2 amide bonds. The Bertz CT molecular complexity index is 863. The van der Waals surface area contributed by atoms with E-state index in [4.69, 9.17) is 0 Å². The van der Waals surface area contributed by atoms with E-state index in [0.29, 0.717) is 18.0 Å². The number of hydrogen-bond donors (Lipinski definition) is 3. The summed E-state index contributed by atoms with van der Waals surface area (Å²) in [5.74, 6) is 0.448. The number of carbonyl (C=O) groups excluding carboxylic acids is 1. The second-order valence-electron chi connectivity index (χ2n) is 6.83. The van der Waals surface area contributed by atoms with Gasteiger partial charge in [0.1, 0.15) is 0 Å². The maximum Gasteiger partial charge on any atom is 0.315 e. The predicted octanol–water partition coefficient (Wildman–Crippen LogP) is 2.69. The number of benzene rings is 2. The van der Waals surface area contributed by atoms with Gasteiger partial charge in [0.05, 0.1) is 11.8 Å². The van der Waals surface area contributed by atoms with Crippen molar-refractivity contribution in [2.75, 3.05) is 7.05 Å². The zero-order valence-electron chi connectivity index (χ0n) is 15.3. The largest absolute Gasteiger partial charge is 0.334 e. The summed E-state index contributed by atoms with van der Waals surface area (Å²) in [4.78, 5) is 12.3. The first-order valence-corrected chi connectivity index (χ1v) is 10.7. The first-order valence-electron chi connectivity index (χ1n) is 9.05. The monoisotopic (exact) mass is 387 g/mol.